The summed E-state index contributed by atoms with van der Waals surface area (Å²) in [6.07, 6.45) is 95.3. The van der Waals surface area contributed by atoms with Gasteiger partial charge >= 0.3 is 17.9 Å². The minimum absolute atomic E-state index is 0.0724. The van der Waals surface area contributed by atoms with Crippen LogP contribution in [0.5, 0.6) is 0 Å². The molecule has 0 aromatic rings. The van der Waals surface area contributed by atoms with Crippen LogP contribution in [0, 0.1) is 0 Å². The predicted molar refractivity (Wildman–Crippen MR) is 362 cm³/mol. The Morgan fingerprint density at radius 1 is 0.253 bits per heavy atom. The highest BCUT2D eigenvalue weighted by molar-refractivity contribution is 5.71. The molecule has 0 bridgehead atoms. The number of ether oxygens (including phenoxy) is 3. The molecular weight excluding hydrogens is 1020 g/mol. The normalized spacial score (nSPS) is 12.6. The molecule has 0 fully saturated rings. The Morgan fingerprint density at radius 2 is 0.470 bits per heavy atom. The smallest absolute Gasteiger partial charge is 0.306 e. The van der Waals surface area contributed by atoms with E-state index in [1.807, 2.05) is 0 Å². The lowest BCUT2D eigenvalue weighted by atomic mass is 10.0. The van der Waals surface area contributed by atoms with Crippen LogP contribution in [0.15, 0.2) is 85.1 Å². The highest BCUT2D eigenvalue weighted by atomic mass is 16.6. The van der Waals surface area contributed by atoms with E-state index in [2.05, 4.69) is 106 Å². The molecule has 480 valence electrons. The second kappa shape index (κ2) is 71.1. The number of allylic oxidation sites excluding steroid dienone is 14. The molecule has 6 heteroatoms. The van der Waals surface area contributed by atoms with Crippen molar-refractivity contribution in [3.05, 3.63) is 85.1 Å². The Bertz CT molecular complexity index is 1570. The molecule has 0 radical (unpaired) electrons. The van der Waals surface area contributed by atoms with Crippen molar-refractivity contribution in [1.82, 2.24) is 0 Å². The highest BCUT2D eigenvalue weighted by Crippen LogP contribution is 2.18. The van der Waals surface area contributed by atoms with Crippen LogP contribution >= 0.6 is 0 Å². The quantitative estimate of drug-likeness (QED) is 0.0261. The van der Waals surface area contributed by atoms with Crippen LogP contribution in [0.1, 0.15) is 367 Å². The molecule has 0 spiro atoms. The average Bonchev–Trinajstić information content (AvgIpc) is 3.48. The lowest BCUT2D eigenvalue weighted by Crippen LogP contribution is -2.30. The van der Waals surface area contributed by atoms with Gasteiger partial charge in [0.25, 0.3) is 0 Å². The first kappa shape index (κ1) is 79.6. The highest BCUT2D eigenvalue weighted by Gasteiger charge is 2.19. The van der Waals surface area contributed by atoms with Crippen molar-refractivity contribution in [2.75, 3.05) is 13.2 Å². The lowest BCUT2D eigenvalue weighted by molar-refractivity contribution is -0.167. The van der Waals surface area contributed by atoms with Crippen molar-refractivity contribution < 1.29 is 28.6 Å². The van der Waals surface area contributed by atoms with Crippen LogP contribution in [0.4, 0.5) is 0 Å². The topological polar surface area (TPSA) is 78.9 Å². The molecule has 83 heavy (non-hydrogen) atoms. The molecule has 0 amide bonds. The second-order valence-corrected chi connectivity index (χ2v) is 24.1. The first-order valence-corrected chi connectivity index (χ1v) is 36.1. The summed E-state index contributed by atoms with van der Waals surface area (Å²) in [5.74, 6) is -0.870. The largest absolute Gasteiger partial charge is 0.462 e. The second-order valence-electron chi connectivity index (χ2n) is 24.1. The summed E-state index contributed by atoms with van der Waals surface area (Å²) < 4.78 is 16.8. The van der Waals surface area contributed by atoms with E-state index in [0.717, 1.165) is 103 Å². The van der Waals surface area contributed by atoms with Crippen molar-refractivity contribution in [2.24, 2.45) is 0 Å². The fraction of sp³-hybridized carbons (Fsp3) is 0.779. The van der Waals surface area contributed by atoms with Crippen molar-refractivity contribution in [3.63, 3.8) is 0 Å². The van der Waals surface area contributed by atoms with Crippen LogP contribution in [0.3, 0.4) is 0 Å². The Kier molecular flexibility index (Phi) is 68.2. The van der Waals surface area contributed by atoms with Gasteiger partial charge in [-0.1, -0.05) is 337 Å². The van der Waals surface area contributed by atoms with Gasteiger partial charge in [0.05, 0.1) is 0 Å². The van der Waals surface area contributed by atoms with Gasteiger partial charge in [-0.05, 0) is 96.3 Å². The van der Waals surface area contributed by atoms with E-state index in [4.69, 9.17) is 14.2 Å². The molecule has 0 N–H and O–H groups in total. The third-order valence-corrected chi connectivity index (χ3v) is 15.9. The first-order valence-electron chi connectivity index (χ1n) is 36.1. The van der Waals surface area contributed by atoms with Gasteiger partial charge in [-0.25, -0.2) is 0 Å². The van der Waals surface area contributed by atoms with Gasteiger partial charge < -0.3 is 14.2 Å². The maximum Gasteiger partial charge on any atom is 0.306 e. The molecule has 0 saturated carbocycles. The van der Waals surface area contributed by atoms with Gasteiger partial charge in [0.15, 0.2) is 6.10 Å². The van der Waals surface area contributed by atoms with Crippen molar-refractivity contribution in [2.45, 2.75) is 374 Å². The molecular formula is C77H136O6. The third-order valence-electron chi connectivity index (χ3n) is 15.9. The van der Waals surface area contributed by atoms with Crippen LogP contribution in [-0.4, -0.2) is 37.2 Å². The summed E-state index contributed by atoms with van der Waals surface area (Å²) in [4.78, 5) is 38.1. The number of hydrogen-bond donors (Lipinski definition) is 0. The van der Waals surface area contributed by atoms with E-state index in [0.29, 0.717) is 19.3 Å². The third kappa shape index (κ3) is 69.3. The average molecular weight is 1160 g/mol. The summed E-state index contributed by atoms with van der Waals surface area (Å²) >= 11 is 0. The van der Waals surface area contributed by atoms with E-state index >= 15 is 0 Å². The van der Waals surface area contributed by atoms with Crippen LogP contribution < -0.4 is 0 Å². The Morgan fingerprint density at radius 3 is 0.735 bits per heavy atom. The zero-order valence-corrected chi connectivity index (χ0v) is 55.2. The summed E-state index contributed by atoms with van der Waals surface area (Å²) in [6, 6.07) is 0. The van der Waals surface area contributed by atoms with Gasteiger partial charge in [-0.2, -0.15) is 0 Å². The molecule has 0 aliphatic rings. The van der Waals surface area contributed by atoms with Gasteiger partial charge in [0.2, 0.25) is 0 Å². The fourth-order valence-corrected chi connectivity index (χ4v) is 10.5. The molecule has 0 rings (SSSR count). The molecule has 1 atom stereocenters. The molecule has 0 aliphatic carbocycles. The number of carbonyl (C=O) groups excluding carboxylic acids is 3. The number of esters is 3. The van der Waals surface area contributed by atoms with E-state index in [1.54, 1.807) is 0 Å². The standard InChI is InChI=1S/C77H136O6/c1-4-7-10-13-15-17-19-21-23-25-27-29-31-33-35-37-38-40-41-43-45-47-49-51-53-55-57-59-61-64-67-70-76(79)82-73-74(72-81-75(78)69-66-63-12-9-6-3)83-77(80)71-68-65-62-60-58-56-54-52-50-48-46-44-42-39-36-34-32-30-28-26-24-22-20-18-16-14-11-8-5-2/h8,11,16,18-19,21-22,24-25,27-28,30,34,36,74H,4-7,9-10,12-15,17,20,23,26,29,31-33,35,37-73H2,1-3H3/b11-8-,18-16-,21-19-,24-22-,27-25-,30-28-,36-34-. The Labute approximate surface area is 515 Å². The van der Waals surface area contributed by atoms with Gasteiger partial charge in [-0.15, -0.1) is 0 Å². The van der Waals surface area contributed by atoms with Gasteiger partial charge in [0.1, 0.15) is 13.2 Å². The minimum Gasteiger partial charge on any atom is -0.462 e. The maximum absolute atomic E-state index is 12.9. The fourth-order valence-electron chi connectivity index (χ4n) is 10.5. The summed E-state index contributed by atoms with van der Waals surface area (Å²) in [7, 11) is 0. The molecule has 0 aromatic carbocycles. The number of rotatable bonds is 66. The monoisotopic (exact) mass is 1160 g/mol. The summed E-state index contributed by atoms with van der Waals surface area (Å²) in [5, 5.41) is 0. The Hall–Kier alpha value is -3.41. The van der Waals surface area contributed by atoms with Crippen molar-refractivity contribution in [1.29, 1.82) is 0 Å². The number of unbranched alkanes of at least 4 members (excludes halogenated alkanes) is 41. The molecule has 0 aliphatic heterocycles. The number of carbonyl (C=O) groups is 3. The predicted octanol–water partition coefficient (Wildman–Crippen LogP) is 25.0. The summed E-state index contributed by atoms with van der Waals surface area (Å²) in [6.45, 7) is 6.48. The van der Waals surface area contributed by atoms with Crippen molar-refractivity contribution >= 4 is 17.9 Å². The van der Waals surface area contributed by atoms with Crippen LogP contribution in [0.2, 0.25) is 0 Å². The zero-order chi connectivity index (χ0) is 59.9. The molecule has 6 nitrogen and oxygen atoms in total. The SMILES string of the molecule is CC/C=C\C/C=C\C/C=C\C/C=C\C/C=C\CCCCCCCCCCCCCCCC(=O)OC(COC(=O)CCCCCCC)COC(=O)CCCCCCCCCCCCCCCCCCCCC/C=C\C/C=C\CCCCCCC. The number of hydrogen-bond acceptors (Lipinski definition) is 6. The van der Waals surface area contributed by atoms with E-state index in [1.165, 1.54) is 225 Å². The van der Waals surface area contributed by atoms with E-state index in [-0.39, 0.29) is 31.1 Å². The van der Waals surface area contributed by atoms with Crippen LogP contribution in [-0.2, 0) is 28.6 Å². The van der Waals surface area contributed by atoms with Crippen molar-refractivity contribution in [3.8, 4) is 0 Å². The molecule has 0 heterocycles. The zero-order valence-electron chi connectivity index (χ0n) is 55.2. The van der Waals surface area contributed by atoms with Crippen LogP contribution in [0.25, 0.3) is 0 Å². The maximum atomic E-state index is 12.9. The molecule has 1 unspecified atom stereocenters. The van der Waals surface area contributed by atoms with E-state index < -0.39 is 6.10 Å². The first-order chi connectivity index (χ1) is 41.0. The lowest BCUT2D eigenvalue weighted by Gasteiger charge is -2.18. The van der Waals surface area contributed by atoms with Gasteiger partial charge in [0, 0.05) is 19.3 Å². The van der Waals surface area contributed by atoms with Gasteiger partial charge in [-0.3, -0.25) is 14.4 Å². The Balaban J connectivity index is 3.94. The summed E-state index contributed by atoms with van der Waals surface area (Å²) in [5.41, 5.74) is 0. The van der Waals surface area contributed by atoms with E-state index in [9.17, 15) is 14.4 Å². The molecule has 0 saturated heterocycles. The minimum atomic E-state index is -0.773. The molecule has 0 aromatic heterocycles.